The maximum atomic E-state index is 6.53. The largest absolute Gasteiger partial charge is 0.302 e. The summed E-state index contributed by atoms with van der Waals surface area (Å²) in [6.45, 7) is 10.5. The highest BCUT2D eigenvalue weighted by Gasteiger charge is 2.54. The van der Waals surface area contributed by atoms with Crippen LogP contribution in [0.25, 0.3) is 44.9 Å². The van der Waals surface area contributed by atoms with E-state index in [1.54, 1.807) is 0 Å². The van der Waals surface area contributed by atoms with Crippen molar-refractivity contribution in [3.8, 4) is 33.9 Å². The average molecular weight is 635 g/mol. The van der Waals surface area contributed by atoms with Crippen LogP contribution in [-0.2, 0) is 5.54 Å². The normalized spacial score (nSPS) is 14.6. The van der Waals surface area contributed by atoms with E-state index in [1.165, 1.54) is 0 Å². The highest BCUT2D eigenvalue weighted by molar-refractivity contribution is 6.69. The van der Waals surface area contributed by atoms with E-state index in [4.69, 9.17) is 98.4 Å². The molecular weight excluding hydrogens is 613 g/mol. The Kier molecular flexibility index (Phi) is 8.24. The molecule has 0 saturated carbocycles. The number of rotatable bonds is 4. The fourth-order valence-corrected chi connectivity index (χ4v) is 6.84. The first-order valence-electron chi connectivity index (χ1n) is 16.1. The zero-order valence-electron chi connectivity index (χ0n) is 29.0. The lowest BCUT2D eigenvalue weighted by Gasteiger charge is -2.40. The average Bonchev–Trinajstić information content (AvgIpc) is 3.53. The summed E-state index contributed by atoms with van der Waals surface area (Å²) in [4.78, 5) is 21.8. The van der Waals surface area contributed by atoms with E-state index in [9.17, 15) is 0 Å². The Bertz CT molecular complexity index is 2330. The summed E-state index contributed by atoms with van der Waals surface area (Å²) in [5.41, 5.74) is 4.33. The second kappa shape index (κ2) is 11.9. The third kappa shape index (κ3) is 4.98. The second-order valence-electron chi connectivity index (χ2n) is 13.9. The summed E-state index contributed by atoms with van der Waals surface area (Å²) >= 11 is 0. The minimum absolute atomic E-state index is 0.0150. The Balaban J connectivity index is 1.55. The highest BCUT2D eigenvalue weighted by Crippen LogP contribution is 2.51. The molecule has 0 unspecified atom stereocenters. The number of hydrogen-bond donors (Lipinski definition) is 0. The van der Waals surface area contributed by atoms with Gasteiger partial charge in [0.1, 0.15) is 78.5 Å². The highest BCUT2D eigenvalue weighted by atomic mass is 15.5. The molecule has 1 aliphatic rings. The Hall–Kier alpha value is -4.19. The van der Waals surface area contributed by atoms with E-state index in [0.29, 0.717) is 5.95 Å². The maximum Gasteiger partial charge on any atom is 0.237 e. The topological polar surface area (TPSA) is 59.7 Å². The lowest BCUT2D eigenvalue weighted by atomic mass is 9.60. The van der Waals surface area contributed by atoms with Crippen LogP contribution >= 0.6 is 0 Å². The van der Waals surface area contributed by atoms with Crippen LogP contribution in [0.5, 0.6) is 0 Å². The number of benzene rings is 4. The number of nitrogens with zero attached hydrogens (tertiary/aromatic N) is 6. The molecule has 0 N–H and O–H groups in total. The minimum atomic E-state index is -0.694. The number of hydrogen-bond acceptors (Lipinski definition) is 5. The molecule has 6 aromatic rings. The molecule has 0 fully saturated rings. The van der Waals surface area contributed by atoms with Crippen LogP contribution in [0.2, 0.25) is 0 Å². The molecule has 0 amide bonds. The van der Waals surface area contributed by atoms with Crippen molar-refractivity contribution in [1.29, 1.82) is 0 Å². The number of imidazole rings is 1. The maximum absolute atomic E-state index is 6.53. The quantitative estimate of drug-likeness (QED) is 0.186. The van der Waals surface area contributed by atoms with Gasteiger partial charge in [0.2, 0.25) is 11.9 Å². The fraction of sp³-hybridized carbons (Fsp3) is 0.200. The second-order valence-corrected chi connectivity index (χ2v) is 13.9. The molecule has 0 saturated heterocycles. The van der Waals surface area contributed by atoms with Gasteiger partial charge in [-0.1, -0.05) is 52.2 Å². The molecule has 4 aromatic carbocycles. The molecule has 51 heavy (non-hydrogen) atoms. The van der Waals surface area contributed by atoms with Crippen molar-refractivity contribution < 1.29 is 0 Å². The van der Waals surface area contributed by atoms with Gasteiger partial charge in [-0.15, -0.1) is 32.8 Å². The number of fused-ring (bicyclic) bond motifs is 3. The van der Waals surface area contributed by atoms with Gasteiger partial charge in [0, 0.05) is 11.1 Å². The lowest BCUT2D eigenvalue weighted by Crippen LogP contribution is -2.56. The Labute approximate surface area is 311 Å². The van der Waals surface area contributed by atoms with Gasteiger partial charge in [-0.3, -0.25) is 4.90 Å². The van der Waals surface area contributed by atoms with Gasteiger partial charge < -0.3 is 4.57 Å². The summed E-state index contributed by atoms with van der Waals surface area (Å²) in [5.74, 6) is 0.781. The summed E-state index contributed by atoms with van der Waals surface area (Å²) in [5, 5.41) is 0. The molecule has 2 aromatic heterocycles. The summed E-state index contributed by atoms with van der Waals surface area (Å²) in [6, 6.07) is 14.5. The molecular formula is C35H22B10N6. The zero-order chi connectivity index (χ0) is 37.1. The van der Waals surface area contributed by atoms with Crippen LogP contribution in [-0.4, -0.2) is 109 Å². The summed E-state index contributed by atoms with van der Waals surface area (Å²) in [7, 11) is 63.5. The first-order chi connectivity index (χ1) is 23.9. The van der Waals surface area contributed by atoms with Crippen LogP contribution in [0, 0.1) is 6.92 Å². The number of anilines is 2. The van der Waals surface area contributed by atoms with E-state index >= 15 is 0 Å². The van der Waals surface area contributed by atoms with E-state index < -0.39 is 11.1 Å². The van der Waals surface area contributed by atoms with E-state index in [1.807, 2.05) is 17.0 Å². The molecule has 0 atom stereocenters. The third-order valence-electron chi connectivity index (χ3n) is 10.6. The van der Waals surface area contributed by atoms with Crippen molar-refractivity contribution in [2.45, 2.75) is 45.7 Å². The van der Waals surface area contributed by atoms with Crippen molar-refractivity contribution in [3.63, 3.8) is 0 Å². The van der Waals surface area contributed by atoms with Crippen LogP contribution < -0.4 is 59.5 Å². The lowest BCUT2D eigenvalue weighted by molar-refractivity contribution is 0.251. The summed E-state index contributed by atoms with van der Waals surface area (Å²) in [6.07, 6.45) is 0. The van der Waals surface area contributed by atoms with Gasteiger partial charge in [0.25, 0.3) is 0 Å². The Morgan fingerprint density at radius 2 is 1.00 bits per heavy atom. The number of aryl methyl sites for hydroxylation is 1. The molecule has 0 bridgehead atoms. The van der Waals surface area contributed by atoms with Crippen LogP contribution in [0.4, 0.5) is 11.9 Å². The van der Waals surface area contributed by atoms with Crippen molar-refractivity contribution in [3.05, 3.63) is 48.0 Å². The van der Waals surface area contributed by atoms with E-state index in [0.717, 1.165) is 27.7 Å². The van der Waals surface area contributed by atoms with Crippen molar-refractivity contribution in [1.82, 2.24) is 24.5 Å². The van der Waals surface area contributed by atoms with Gasteiger partial charge in [-0.2, -0.15) is 9.97 Å². The first kappa shape index (κ1) is 35.2. The van der Waals surface area contributed by atoms with Gasteiger partial charge in [0.05, 0.1) is 22.1 Å². The molecule has 7 rings (SSSR count). The molecule has 6 nitrogen and oxygen atoms in total. The predicted octanol–water partition coefficient (Wildman–Crippen LogP) is -3.87. The summed E-state index contributed by atoms with van der Waals surface area (Å²) < 4.78 is 2.18. The molecule has 0 spiro atoms. The van der Waals surface area contributed by atoms with E-state index in [2.05, 4.69) is 69.5 Å². The fourth-order valence-electron chi connectivity index (χ4n) is 6.84. The standard InChI is InChI=1S/C35H22B10N6/c1-13-8-6-7-9-15(13)14-10-11-17-16(12-14)46-33-50(17)34(2,3)35(4,5)51(33)32-48-30(18-20(36)24(40)28(44)25(41)21(18)37)47-31(49-32)19-22(38)26(42)29(45)27(43)23(19)39/h6-12H,1-5H3. The van der Waals surface area contributed by atoms with Crippen LogP contribution in [0.3, 0.4) is 0 Å². The van der Waals surface area contributed by atoms with Gasteiger partial charge in [-0.25, -0.2) is 9.97 Å². The minimum Gasteiger partial charge on any atom is -0.302 e. The SMILES string of the molecule is [B]c1c([B])c([B])c(-c2nc(-c3c([B])c([B])c([B])c([B])c3[B])nc(N3c4nc5cc(-c6ccccc6C)ccc5n4C(C)(C)C3(C)C)n2)c([B])c1[B]. The third-order valence-corrected chi connectivity index (χ3v) is 10.6. The molecule has 3 heterocycles. The molecule has 1 aliphatic heterocycles. The zero-order valence-corrected chi connectivity index (χ0v) is 29.0. The molecule has 222 valence electrons. The predicted molar refractivity (Wildman–Crippen MR) is 220 cm³/mol. The van der Waals surface area contributed by atoms with Gasteiger partial charge in [0.15, 0.2) is 11.6 Å². The van der Waals surface area contributed by atoms with Crippen molar-refractivity contribution >= 4 is 156 Å². The van der Waals surface area contributed by atoms with Gasteiger partial charge in [-0.05, 0) is 63.4 Å². The van der Waals surface area contributed by atoms with Crippen molar-refractivity contribution in [2.24, 2.45) is 0 Å². The van der Waals surface area contributed by atoms with Crippen molar-refractivity contribution in [2.75, 3.05) is 4.90 Å². The smallest absolute Gasteiger partial charge is 0.237 e. The van der Waals surface area contributed by atoms with Crippen LogP contribution in [0.15, 0.2) is 42.5 Å². The van der Waals surface area contributed by atoms with Crippen LogP contribution in [0.1, 0.15) is 33.3 Å². The molecule has 0 aliphatic carbocycles. The molecule has 16 heteroatoms. The van der Waals surface area contributed by atoms with Gasteiger partial charge >= 0.3 is 0 Å². The van der Waals surface area contributed by atoms with E-state index in [-0.39, 0.29) is 83.4 Å². The molecule has 20 radical (unpaired) electrons. The Morgan fingerprint density at radius 3 is 1.49 bits per heavy atom. The first-order valence-corrected chi connectivity index (χ1v) is 16.1. The number of aromatic nitrogens is 5. The monoisotopic (exact) mass is 636 g/mol. The Morgan fingerprint density at radius 1 is 0.529 bits per heavy atom.